The molecule has 0 bridgehead atoms. The molecule has 1 unspecified atom stereocenters. The molecule has 0 aromatic heterocycles. The van der Waals surface area contributed by atoms with E-state index in [-0.39, 0.29) is 27.6 Å². The third-order valence-corrected chi connectivity index (χ3v) is 5.36. The molecule has 3 amide bonds. The van der Waals surface area contributed by atoms with Crippen molar-refractivity contribution >= 4 is 51.1 Å². The lowest BCUT2D eigenvalue weighted by molar-refractivity contribution is -0.113. The number of halogens is 2. The van der Waals surface area contributed by atoms with Crippen molar-refractivity contribution in [3.8, 4) is 5.75 Å². The summed E-state index contributed by atoms with van der Waals surface area (Å²) in [6, 6.07) is 8.08. The number of nitrogens with one attached hydrogen (secondary N) is 3. The van der Waals surface area contributed by atoms with Gasteiger partial charge >= 0.3 is 12.0 Å². The Hall–Kier alpha value is -3.04. The van der Waals surface area contributed by atoms with Crippen LogP contribution in [0.1, 0.15) is 28.9 Å². The lowest BCUT2D eigenvalue weighted by Gasteiger charge is -2.29. The highest BCUT2D eigenvalue weighted by molar-refractivity contribution is 9.10. The van der Waals surface area contributed by atoms with Gasteiger partial charge < -0.3 is 25.8 Å². The van der Waals surface area contributed by atoms with E-state index in [0.29, 0.717) is 15.7 Å². The molecule has 1 aliphatic heterocycles. The number of aromatic hydroxyl groups is 1. The first-order valence-electron chi connectivity index (χ1n) is 8.67. The van der Waals surface area contributed by atoms with Gasteiger partial charge in [0.25, 0.3) is 5.91 Å². The lowest BCUT2D eigenvalue weighted by atomic mass is 9.94. The first kappa shape index (κ1) is 21.7. The van der Waals surface area contributed by atoms with Crippen LogP contribution in [0.3, 0.4) is 0 Å². The molecule has 0 radical (unpaired) electrons. The number of benzene rings is 2. The molecular formula is C20H17BrClN3O5. The van der Waals surface area contributed by atoms with Gasteiger partial charge in [-0.3, -0.25) is 4.79 Å². The van der Waals surface area contributed by atoms with E-state index in [1.807, 2.05) is 0 Å². The van der Waals surface area contributed by atoms with Crippen molar-refractivity contribution in [2.75, 3.05) is 12.4 Å². The Morgan fingerprint density at radius 1 is 1.27 bits per heavy atom. The highest BCUT2D eigenvalue weighted by Crippen LogP contribution is 2.37. The third-order valence-electron chi connectivity index (χ3n) is 4.47. The lowest BCUT2D eigenvalue weighted by Crippen LogP contribution is -2.46. The zero-order valence-electron chi connectivity index (χ0n) is 15.9. The summed E-state index contributed by atoms with van der Waals surface area (Å²) in [5, 5.41) is 17.9. The number of phenolic OH excluding ortho intramolecular Hbond substituents is 1. The molecule has 10 heteroatoms. The van der Waals surface area contributed by atoms with E-state index >= 15 is 0 Å². The van der Waals surface area contributed by atoms with Crippen LogP contribution in [0, 0.1) is 0 Å². The predicted molar refractivity (Wildman–Crippen MR) is 114 cm³/mol. The number of carbonyl (C=O) groups excluding carboxylic acids is 3. The Bertz CT molecular complexity index is 1060. The van der Waals surface area contributed by atoms with Crippen molar-refractivity contribution in [3.63, 3.8) is 0 Å². The van der Waals surface area contributed by atoms with Crippen molar-refractivity contribution in [3.05, 3.63) is 68.3 Å². The van der Waals surface area contributed by atoms with Crippen LogP contribution in [0.4, 0.5) is 10.5 Å². The van der Waals surface area contributed by atoms with Crippen molar-refractivity contribution in [2.45, 2.75) is 13.0 Å². The van der Waals surface area contributed by atoms with Crippen LogP contribution in [-0.2, 0) is 9.53 Å². The molecule has 0 saturated carbocycles. The third kappa shape index (κ3) is 4.27. The van der Waals surface area contributed by atoms with E-state index in [4.69, 9.17) is 16.3 Å². The number of methoxy groups -OCH3 is 1. The van der Waals surface area contributed by atoms with Crippen LogP contribution in [0.2, 0.25) is 5.02 Å². The highest BCUT2D eigenvalue weighted by atomic mass is 79.9. The van der Waals surface area contributed by atoms with E-state index in [9.17, 15) is 19.5 Å². The molecule has 1 heterocycles. The van der Waals surface area contributed by atoms with Crippen molar-refractivity contribution < 1.29 is 24.2 Å². The summed E-state index contributed by atoms with van der Waals surface area (Å²) in [6.07, 6.45) is 0. The molecule has 3 rings (SSSR count). The topological polar surface area (TPSA) is 117 Å². The molecule has 8 nitrogen and oxygen atoms in total. The van der Waals surface area contributed by atoms with Crippen molar-refractivity contribution in [2.24, 2.45) is 0 Å². The first-order chi connectivity index (χ1) is 14.2. The maximum atomic E-state index is 13.2. The fraction of sp³-hybridized carbons (Fsp3) is 0.150. The number of ether oxygens (including phenoxy) is 1. The summed E-state index contributed by atoms with van der Waals surface area (Å²) in [5.74, 6) is -1.29. The van der Waals surface area contributed by atoms with Gasteiger partial charge in [0.1, 0.15) is 5.75 Å². The molecule has 4 N–H and O–H groups in total. The summed E-state index contributed by atoms with van der Waals surface area (Å²) >= 11 is 9.27. The monoisotopic (exact) mass is 493 g/mol. The van der Waals surface area contributed by atoms with Gasteiger partial charge in [-0.2, -0.15) is 0 Å². The number of anilines is 1. The summed E-state index contributed by atoms with van der Waals surface area (Å²) in [6.45, 7) is 1.59. The summed E-state index contributed by atoms with van der Waals surface area (Å²) < 4.78 is 5.06. The van der Waals surface area contributed by atoms with Crippen LogP contribution < -0.4 is 16.0 Å². The Labute approximate surface area is 185 Å². The van der Waals surface area contributed by atoms with Crippen LogP contribution in [0.5, 0.6) is 5.75 Å². The van der Waals surface area contributed by atoms with E-state index < -0.39 is 23.9 Å². The number of amides is 3. The number of carbonyl (C=O) groups is 3. The number of phenols is 1. The molecule has 0 fully saturated rings. The maximum Gasteiger partial charge on any atom is 0.339 e. The van der Waals surface area contributed by atoms with E-state index in [1.165, 1.54) is 19.2 Å². The second kappa shape index (κ2) is 8.76. The number of allylic oxidation sites excluding steroid dienone is 1. The smallest absolute Gasteiger partial charge is 0.339 e. The minimum Gasteiger partial charge on any atom is -0.505 e. The van der Waals surface area contributed by atoms with Gasteiger partial charge in [-0.05, 0) is 52.7 Å². The Balaban J connectivity index is 2.02. The highest BCUT2D eigenvalue weighted by Gasteiger charge is 2.32. The molecule has 0 spiro atoms. The second-order valence-electron chi connectivity index (χ2n) is 6.39. The van der Waals surface area contributed by atoms with Crippen LogP contribution >= 0.6 is 27.5 Å². The van der Waals surface area contributed by atoms with Gasteiger partial charge in [0.2, 0.25) is 0 Å². The van der Waals surface area contributed by atoms with Gasteiger partial charge in [0.15, 0.2) is 0 Å². The number of urea groups is 1. The zero-order chi connectivity index (χ0) is 22.0. The molecule has 2 aromatic rings. The van der Waals surface area contributed by atoms with E-state index in [1.54, 1.807) is 31.2 Å². The molecule has 1 aliphatic rings. The van der Waals surface area contributed by atoms with Crippen LogP contribution in [-0.4, -0.2) is 30.1 Å². The maximum absolute atomic E-state index is 13.2. The average Bonchev–Trinajstić information content (AvgIpc) is 2.70. The Morgan fingerprint density at radius 2 is 1.97 bits per heavy atom. The predicted octanol–water partition coefficient (Wildman–Crippen LogP) is 3.86. The quantitative estimate of drug-likeness (QED) is 0.482. The summed E-state index contributed by atoms with van der Waals surface area (Å²) in [5.41, 5.74) is 1.46. The number of para-hydroxylation sites is 1. The van der Waals surface area contributed by atoms with Crippen LogP contribution in [0.15, 0.2) is 52.1 Å². The Kier molecular flexibility index (Phi) is 6.33. The van der Waals surface area contributed by atoms with Crippen molar-refractivity contribution in [1.82, 2.24) is 10.6 Å². The van der Waals surface area contributed by atoms with E-state index in [2.05, 4.69) is 31.9 Å². The standard InChI is InChI=1S/C20H17BrClN3O5/c1-9-15(18(27)24-14-6-4-3-5-11(14)19(28)30-2)16(25-20(29)23-9)10-7-12(21)17(26)13(22)8-10/h3-8,16,26H,1-2H3,(H,24,27)(H2,23,25,29). The van der Waals surface area contributed by atoms with Gasteiger partial charge in [-0.25, -0.2) is 9.59 Å². The van der Waals surface area contributed by atoms with Gasteiger partial charge in [-0.15, -0.1) is 0 Å². The zero-order valence-corrected chi connectivity index (χ0v) is 18.2. The minimum atomic E-state index is -0.849. The van der Waals surface area contributed by atoms with E-state index in [0.717, 1.165) is 0 Å². The number of hydrogen-bond acceptors (Lipinski definition) is 5. The van der Waals surface area contributed by atoms with Gasteiger partial charge in [0, 0.05) is 5.70 Å². The largest absolute Gasteiger partial charge is 0.505 e. The number of hydrogen-bond donors (Lipinski definition) is 4. The average molecular weight is 495 g/mol. The molecule has 30 heavy (non-hydrogen) atoms. The molecule has 2 aromatic carbocycles. The number of esters is 1. The normalized spacial score (nSPS) is 15.9. The van der Waals surface area contributed by atoms with Crippen LogP contribution in [0.25, 0.3) is 0 Å². The summed E-state index contributed by atoms with van der Waals surface area (Å²) in [4.78, 5) is 37.2. The molecule has 0 aliphatic carbocycles. The Morgan fingerprint density at radius 3 is 2.63 bits per heavy atom. The minimum absolute atomic E-state index is 0.0561. The van der Waals surface area contributed by atoms with Crippen molar-refractivity contribution in [1.29, 1.82) is 0 Å². The molecular weight excluding hydrogens is 478 g/mol. The molecule has 156 valence electrons. The fourth-order valence-electron chi connectivity index (χ4n) is 3.07. The fourth-order valence-corrected chi connectivity index (χ4v) is 3.89. The SMILES string of the molecule is COC(=O)c1ccccc1NC(=O)C1=C(C)NC(=O)NC1c1cc(Cl)c(O)c(Br)c1. The van der Waals surface area contributed by atoms with Gasteiger partial charge in [0.05, 0.1) is 39.5 Å². The summed E-state index contributed by atoms with van der Waals surface area (Å²) in [7, 11) is 1.25. The number of rotatable bonds is 4. The first-order valence-corrected chi connectivity index (χ1v) is 9.85. The molecule has 0 saturated heterocycles. The molecule has 1 atom stereocenters. The van der Waals surface area contributed by atoms with Gasteiger partial charge in [-0.1, -0.05) is 23.7 Å². The second-order valence-corrected chi connectivity index (χ2v) is 7.66.